The number of ether oxygens (including phenoxy) is 2. The molecular formula is C26H19NO4. The first-order valence-corrected chi connectivity index (χ1v) is 9.77. The summed E-state index contributed by atoms with van der Waals surface area (Å²) in [6.45, 7) is 0. The molecule has 1 aliphatic rings. The summed E-state index contributed by atoms with van der Waals surface area (Å²) in [6, 6.07) is 26.0. The maximum absolute atomic E-state index is 12.3. The van der Waals surface area contributed by atoms with E-state index in [-0.39, 0.29) is 24.0 Å². The Kier molecular flexibility index (Phi) is 6.14. The van der Waals surface area contributed by atoms with E-state index >= 15 is 0 Å². The van der Waals surface area contributed by atoms with Gasteiger partial charge in [-0.2, -0.15) is 0 Å². The third-order valence-corrected chi connectivity index (χ3v) is 4.48. The van der Waals surface area contributed by atoms with Crippen LogP contribution in [-0.2, 0) is 20.7 Å². The predicted octanol–water partition coefficient (Wildman–Crippen LogP) is 4.84. The molecule has 0 unspecified atom stereocenters. The van der Waals surface area contributed by atoms with E-state index in [9.17, 15) is 9.59 Å². The molecule has 4 rings (SSSR count). The molecular weight excluding hydrogens is 390 g/mol. The van der Waals surface area contributed by atoms with Crippen molar-refractivity contribution < 1.29 is 19.1 Å². The van der Waals surface area contributed by atoms with E-state index in [1.165, 1.54) is 0 Å². The van der Waals surface area contributed by atoms with Crippen molar-refractivity contribution in [1.82, 2.24) is 0 Å². The van der Waals surface area contributed by atoms with Crippen LogP contribution in [0.4, 0.5) is 0 Å². The minimum atomic E-state index is -0.557. The van der Waals surface area contributed by atoms with Crippen LogP contribution in [0.3, 0.4) is 0 Å². The van der Waals surface area contributed by atoms with Crippen LogP contribution < -0.4 is 4.74 Å². The van der Waals surface area contributed by atoms with Crippen LogP contribution in [0.15, 0.2) is 102 Å². The summed E-state index contributed by atoms with van der Waals surface area (Å²) < 4.78 is 10.7. The summed E-state index contributed by atoms with van der Waals surface area (Å²) >= 11 is 0. The monoisotopic (exact) mass is 409 g/mol. The third kappa shape index (κ3) is 5.42. The topological polar surface area (TPSA) is 65.0 Å². The zero-order valence-corrected chi connectivity index (χ0v) is 16.6. The van der Waals surface area contributed by atoms with Crippen LogP contribution in [0.1, 0.15) is 16.7 Å². The van der Waals surface area contributed by atoms with E-state index in [1.54, 1.807) is 36.4 Å². The van der Waals surface area contributed by atoms with Crippen LogP contribution in [-0.4, -0.2) is 17.8 Å². The Hall–Kier alpha value is -4.25. The fourth-order valence-corrected chi connectivity index (χ4v) is 2.99. The van der Waals surface area contributed by atoms with Gasteiger partial charge in [-0.3, -0.25) is 4.79 Å². The second-order valence-corrected chi connectivity index (χ2v) is 6.79. The lowest BCUT2D eigenvalue weighted by molar-refractivity contribution is -0.133. The molecule has 0 aliphatic carbocycles. The molecule has 0 bridgehead atoms. The van der Waals surface area contributed by atoms with E-state index in [0.29, 0.717) is 11.3 Å². The fourth-order valence-electron chi connectivity index (χ4n) is 2.99. The maximum Gasteiger partial charge on any atom is 0.363 e. The molecule has 0 aromatic heterocycles. The maximum atomic E-state index is 12.3. The zero-order valence-electron chi connectivity index (χ0n) is 16.6. The molecule has 0 saturated heterocycles. The van der Waals surface area contributed by atoms with Crippen LogP contribution in [0.2, 0.25) is 0 Å². The van der Waals surface area contributed by atoms with Gasteiger partial charge in [-0.25, -0.2) is 9.79 Å². The highest BCUT2D eigenvalue weighted by Gasteiger charge is 2.22. The SMILES string of the molecule is O=C(Cc1ccccc1)Oc1ccccc1/C=C1N=C(/C=C/c2ccccc2)OC/1=O. The number of para-hydroxylation sites is 1. The Morgan fingerprint density at radius 3 is 2.32 bits per heavy atom. The molecule has 3 aromatic rings. The predicted molar refractivity (Wildman–Crippen MR) is 119 cm³/mol. The third-order valence-electron chi connectivity index (χ3n) is 4.48. The molecule has 5 nitrogen and oxygen atoms in total. The van der Waals surface area contributed by atoms with E-state index in [1.807, 2.05) is 66.7 Å². The van der Waals surface area contributed by atoms with Gasteiger partial charge in [0.05, 0.1) is 6.42 Å². The van der Waals surface area contributed by atoms with Gasteiger partial charge in [-0.1, -0.05) is 78.9 Å². The van der Waals surface area contributed by atoms with Gasteiger partial charge in [0.1, 0.15) is 5.75 Å². The van der Waals surface area contributed by atoms with Crippen molar-refractivity contribution in [1.29, 1.82) is 0 Å². The smallest absolute Gasteiger partial charge is 0.363 e. The van der Waals surface area contributed by atoms with Crippen molar-refractivity contribution in [2.24, 2.45) is 4.99 Å². The fraction of sp³-hybridized carbons (Fsp3) is 0.0385. The van der Waals surface area contributed by atoms with E-state index in [4.69, 9.17) is 9.47 Å². The number of cyclic esters (lactones) is 1. The summed E-state index contributed by atoms with van der Waals surface area (Å²) in [5.74, 6) is -0.384. The first kappa shape index (κ1) is 20.0. The second kappa shape index (κ2) is 9.50. The molecule has 152 valence electrons. The lowest BCUT2D eigenvalue weighted by atomic mass is 10.1. The molecule has 31 heavy (non-hydrogen) atoms. The summed E-state index contributed by atoms with van der Waals surface area (Å²) in [7, 11) is 0. The average molecular weight is 409 g/mol. The lowest BCUT2D eigenvalue weighted by Crippen LogP contribution is -2.12. The summed E-state index contributed by atoms with van der Waals surface area (Å²) in [5, 5.41) is 0. The first-order valence-electron chi connectivity index (χ1n) is 9.77. The molecule has 0 saturated carbocycles. The number of hydrogen-bond acceptors (Lipinski definition) is 5. The Morgan fingerprint density at radius 1 is 0.871 bits per heavy atom. The summed E-state index contributed by atoms with van der Waals surface area (Å²) in [6.07, 6.45) is 5.16. The highest BCUT2D eigenvalue weighted by atomic mass is 16.6. The minimum absolute atomic E-state index is 0.138. The van der Waals surface area contributed by atoms with Gasteiger partial charge < -0.3 is 9.47 Å². The van der Waals surface area contributed by atoms with E-state index < -0.39 is 5.97 Å². The number of benzene rings is 3. The van der Waals surface area contributed by atoms with Gasteiger partial charge in [0.25, 0.3) is 0 Å². The molecule has 3 aromatic carbocycles. The first-order chi connectivity index (χ1) is 15.2. The zero-order chi connectivity index (χ0) is 21.5. The van der Waals surface area contributed by atoms with Gasteiger partial charge in [-0.05, 0) is 29.3 Å². The Morgan fingerprint density at radius 2 is 1.55 bits per heavy atom. The summed E-state index contributed by atoms with van der Waals surface area (Å²) in [5.41, 5.74) is 2.53. The Balaban J connectivity index is 1.50. The minimum Gasteiger partial charge on any atom is -0.426 e. The number of nitrogens with zero attached hydrogens (tertiary/aromatic N) is 1. The molecule has 1 heterocycles. The second-order valence-electron chi connectivity index (χ2n) is 6.79. The molecule has 0 amide bonds. The van der Waals surface area contributed by atoms with Gasteiger partial charge in [0, 0.05) is 11.6 Å². The quantitative estimate of drug-likeness (QED) is 0.332. The van der Waals surface area contributed by atoms with Gasteiger partial charge in [0.15, 0.2) is 5.70 Å². The van der Waals surface area contributed by atoms with E-state index in [2.05, 4.69) is 4.99 Å². The highest BCUT2D eigenvalue weighted by molar-refractivity contribution is 6.11. The number of aliphatic imine (C=N–C) groups is 1. The molecule has 0 atom stereocenters. The molecule has 0 radical (unpaired) electrons. The standard InChI is InChI=1S/C26H19NO4/c28-25(17-20-11-5-2-6-12-20)30-23-14-8-7-13-21(23)18-22-26(29)31-24(27-22)16-15-19-9-3-1-4-10-19/h1-16,18H,17H2/b16-15+,22-18+. The number of carbonyl (C=O) groups is 2. The van der Waals surface area contributed by atoms with Crippen LogP contribution in [0.5, 0.6) is 5.75 Å². The summed E-state index contributed by atoms with van der Waals surface area (Å²) in [4.78, 5) is 28.8. The number of hydrogen-bond donors (Lipinski definition) is 0. The van der Waals surface area contributed by atoms with Crippen LogP contribution >= 0.6 is 0 Å². The van der Waals surface area contributed by atoms with Gasteiger partial charge in [0.2, 0.25) is 5.90 Å². The van der Waals surface area contributed by atoms with Crippen molar-refractivity contribution in [2.45, 2.75) is 6.42 Å². The van der Waals surface area contributed by atoms with Crippen molar-refractivity contribution in [3.8, 4) is 5.75 Å². The normalized spacial score (nSPS) is 14.5. The molecule has 0 N–H and O–H groups in total. The van der Waals surface area contributed by atoms with Crippen molar-refractivity contribution in [3.05, 3.63) is 113 Å². The van der Waals surface area contributed by atoms with Crippen LogP contribution in [0, 0.1) is 0 Å². The Bertz CT molecular complexity index is 1180. The van der Waals surface area contributed by atoms with E-state index in [0.717, 1.165) is 11.1 Å². The van der Waals surface area contributed by atoms with Gasteiger partial charge in [-0.15, -0.1) is 0 Å². The molecule has 1 aliphatic heterocycles. The van der Waals surface area contributed by atoms with Crippen molar-refractivity contribution >= 4 is 30.0 Å². The van der Waals surface area contributed by atoms with Crippen molar-refractivity contribution in [3.63, 3.8) is 0 Å². The number of esters is 2. The lowest BCUT2D eigenvalue weighted by Gasteiger charge is -2.07. The molecule has 5 heteroatoms. The Labute approximate surface area is 180 Å². The number of carbonyl (C=O) groups excluding carboxylic acids is 2. The average Bonchev–Trinajstić information content (AvgIpc) is 3.14. The highest BCUT2D eigenvalue weighted by Crippen LogP contribution is 2.24. The number of rotatable bonds is 6. The van der Waals surface area contributed by atoms with Crippen LogP contribution in [0.25, 0.3) is 12.2 Å². The van der Waals surface area contributed by atoms with Gasteiger partial charge >= 0.3 is 11.9 Å². The van der Waals surface area contributed by atoms with Crippen molar-refractivity contribution in [2.75, 3.05) is 0 Å². The largest absolute Gasteiger partial charge is 0.426 e. The molecule has 0 spiro atoms. The molecule has 0 fully saturated rings.